The summed E-state index contributed by atoms with van der Waals surface area (Å²) >= 11 is 0. The van der Waals surface area contributed by atoms with E-state index in [1.165, 1.54) is 0 Å². The molecule has 0 aliphatic rings. The molecule has 0 aliphatic heterocycles. The van der Waals surface area contributed by atoms with Crippen LogP contribution < -0.4 is 0 Å². The maximum absolute atomic E-state index is 10.9. The van der Waals surface area contributed by atoms with E-state index in [4.69, 9.17) is 10.00 Å². The Kier molecular flexibility index (Phi) is 4.39. The Bertz CT molecular complexity index is 327. The number of hydrogen-bond donors (Lipinski definition) is 0. The number of hydrogen-bond acceptors (Lipinski definition) is 3. The van der Waals surface area contributed by atoms with Gasteiger partial charge in [-0.05, 0) is 5.56 Å². The van der Waals surface area contributed by atoms with Crippen LogP contribution in [0.5, 0.6) is 0 Å². The molecule has 72 valence electrons. The van der Waals surface area contributed by atoms with Crippen LogP contribution in [-0.4, -0.2) is 12.4 Å². The third-order valence-electron chi connectivity index (χ3n) is 1.65. The van der Waals surface area contributed by atoms with E-state index in [1.807, 2.05) is 30.3 Å². The average Bonchev–Trinajstić information content (AvgIpc) is 2.20. The van der Waals surface area contributed by atoms with Crippen molar-refractivity contribution >= 4 is 5.78 Å². The van der Waals surface area contributed by atoms with Crippen LogP contribution in [0.2, 0.25) is 0 Å². The molecule has 0 spiro atoms. The number of ketones is 1. The molecule has 0 aliphatic carbocycles. The first kappa shape index (κ1) is 10.4. The van der Waals surface area contributed by atoms with Gasteiger partial charge in [-0.2, -0.15) is 5.26 Å². The number of carbonyl (C=O) groups is 1. The predicted molar refractivity (Wildman–Crippen MR) is 51.3 cm³/mol. The van der Waals surface area contributed by atoms with E-state index < -0.39 is 0 Å². The molecular weight excluding hydrogens is 178 g/mol. The Morgan fingerprint density at radius 1 is 1.36 bits per heavy atom. The smallest absolute Gasteiger partial charge is 0.172 e. The highest BCUT2D eigenvalue weighted by Crippen LogP contribution is 2.00. The first-order valence-electron chi connectivity index (χ1n) is 4.33. The summed E-state index contributed by atoms with van der Waals surface area (Å²) in [6, 6.07) is 11.4. The minimum absolute atomic E-state index is 0.0163. The highest BCUT2D eigenvalue weighted by Gasteiger charge is 2.00. The van der Waals surface area contributed by atoms with Crippen LogP contribution in [0.3, 0.4) is 0 Å². The van der Waals surface area contributed by atoms with Crippen molar-refractivity contribution in [2.24, 2.45) is 0 Å². The van der Waals surface area contributed by atoms with Gasteiger partial charge in [0.05, 0.1) is 19.1 Å². The number of benzene rings is 1. The van der Waals surface area contributed by atoms with E-state index >= 15 is 0 Å². The number of rotatable bonds is 5. The summed E-state index contributed by atoms with van der Waals surface area (Å²) in [5, 5.41) is 8.23. The highest BCUT2D eigenvalue weighted by atomic mass is 16.5. The normalized spacial score (nSPS) is 9.36. The molecular formula is C11H11NO2. The van der Waals surface area contributed by atoms with Gasteiger partial charge in [0.2, 0.25) is 0 Å². The van der Waals surface area contributed by atoms with Gasteiger partial charge in [-0.3, -0.25) is 4.79 Å². The molecule has 0 N–H and O–H groups in total. The molecule has 0 radical (unpaired) electrons. The lowest BCUT2D eigenvalue weighted by Crippen LogP contribution is -2.07. The minimum atomic E-state index is -0.177. The largest absolute Gasteiger partial charge is 0.369 e. The quantitative estimate of drug-likeness (QED) is 0.708. The third kappa shape index (κ3) is 3.83. The van der Waals surface area contributed by atoms with Gasteiger partial charge in [0.15, 0.2) is 5.78 Å². The first-order chi connectivity index (χ1) is 6.83. The van der Waals surface area contributed by atoms with E-state index in [-0.39, 0.29) is 18.8 Å². The second-order valence-electron chi connectivity index (χ2n) is 2.85. The Labute approximate surface area is 82.9 Å². The van der Waals surface area contributed by atoms with Crippen molar-refractivity contribution in [1.29, 1.82) is 5.26 Å². The Morgan fingerprint density at radius 2 is 2.07 bits per heavy atom. The maximum Gasteiger partial charge on any atom is 0.172 e. The second kappa shape index (κ2) is 5.90. The van der Waals surface area contributed by atoms with Gasteiger partial charge in [0, 0.05) is 0 Å². The molecule has 0 saturated heterocycles. The van der Waals surface area contributed by atoms with E-state index in [1.54, 1.807) is 6.07 Å². The maximum atomic E-state index is 10.9. The first-order valence-corrected chi connectivity index (χ1v) is 4.33. The molecule has 0 unspecified atom stereocenters. The molecule has 0 fully saturated rings. The van der Waals surface area contributed by atoms with Crippen molar-refractivity contribution in [3.63, 3.8) is 0 Å². The molecule has 0 aromatic heterocycles. The lowest BCUT2D eigenvalue weighted by atomic mass is 10.2. The summed E-state index contributed by atoms with van der Waals surface area (Å²) in [6.07, 6.45) is -0.0746. The van der Waals surface area contributed by atoms with Crippen molar-refractivity contribution in [2.75, 3.05) is 6.61 Å². The minimum Gasteiger partial charge on any atom is -0.369 e. The van der Waals surface area contributed by atoms with Crippen molar-refractivity contribution < 1.29 is 9.53 Å². The summed E-state index contributed by atoms with van der Waals surface area (Å²) in [7, 11) is 0. The third-order valence-corrected chi connectivity index (χ3v) is 1.65. The zero-order chi connectivity index (χ0) is 10.2. The number of Topliss-reactive ketones (excluding diaryl/α,β-unsaturated/α-hetero) is 1. The number of nitriles is 1. The van der Waals surface area contributed by atoms with E-state index in [0.29, 0.717) is 6.61 Å². The molecule has 0 atom stereocenters. The van der Waals surface area contributed by atoms with Crippen molar-refractivity contribution in [3.05, 3.63) is 35.9 Å². The SMILES string of the molecule is N#CCC(=O)COCc1ccccc1. The van der Waals surface area contributed by atoms with Gasteiger partial charge in [-0.15, -0.1) is 0 Å². The van der Waals surface area contributed by atoms with Crippen LogP contribution in [0, 0.1) is 11.3 Å². The van der Waals surface area contributed by atoms with Crippen LogP contribution in [0.1, 0.15) is 12.0 Å². The Morgan fingerprint density at radius 3 is 2.71 bits per heavy atom. The monoisotopic (exact) mass is 189 g/mol. The summed E-state index contributed by atoms with van der Waals surface area (Å²) in [4.78, 5) is 10.9. The Hall–Kier alpha value is -1.66. The molecule has 14 heavy (non-hydrogen) atoms. The number of carbonyl (C=O) groups excluding carboxylic acids is 1. The Balaban J connectivity index is 2.23. The van der Waals surface area contributed by atoms with E-state index in [2.05, 4.69) is 0 Å². The fourth-order valence-corrected chi connectivity index (χ4v) is 0.996. The topological polar surface area (TPSA) is 50.1 Å². The molecule has 0 bridgehead atoms. The molecule has 1 aromatic carbocycles. The summed E-state index contributed by atoms with van der Waals surface area (Å²) in [6.45, 7) is 0.431. The van der Waals surface area contributed by atoms with Crippen molar-refractivity contribution in [2.45, 2.75) is 13.0 Å². The molecule has 0 saturated carbocycles. The number of ether oxygens (including phenoxy) is 1. The van der Waals surface area contributed by atoms with Gasteiger partial charge in [-0.1, -0.05) is 30.3 Å². The van der Waals surface area contributed by atoms with Crippen LogP contribution in [-0.2, 0) is 16.1 Å². The van der Waals surface area contributed by atoms with Crippen LogP contribution in [0.25, 0.3) is 0 Å². The fraction of sp³-hybridized carbons (Fsp3) is 0.273. The van der Waals surface area contributed by atoms with Crippen LogP contribution in [0.4, 0.5) is 0 Å². The average molecular weight is 189 g/mol. The number of nitrogens with zero attached hydrogens (tertiary/aromatic N) is 1. The van der Waals surface area contributed by atoms with Gasteiger partial charge in [0.1, 0.15) is 6.61 Å². The van der Waals surface area contributed by atoms with Gasteiger partial charge in [-0.25, -0.2) is 0 Å². The highest BCUT2D eigenvalue weighted by molar-refractivity contribution is 5.81. The molecule has 0 heterocycles. The molecule has 1 rings (SSSR count). The van der Waals surface area contributed by atoms with E-state index in [9.17, 15) is 4.79 Å². The van der Waals surface area contributed by atoms with Gasteiger partial charge in [0.25, 0.3) is 0 Å². The van der Waals surface area contributed by atoms with E-state index in [0.717, 1.165) is 5.56 Å². The van der Waals surface area contributed by atoms with Crippen LogP contribution >= 0.6 is 0 Å². The predicted octanol–water partition coefficient (Wildman–Crippen LogP) is 1.69. The standard InChI is InChI=1S/C11H11NO2/c12-7-6-11(13)9-14-8-10-4-2-1-3-5-10/h1-5H,6,8-9H2. The molecule has 1 aromatic rings. The van der Waals surface area contributed by atoms with Gasteiger partial charge >= 0.3 is 0 Å². The lowest BCUT2D eigenvalue weighted by molar-refractivity contribution is -0.123. The summed E-state index contributed by atoms with van der Waals surface area (Å²) < 4.78 is 5.13. The van der Waals surface area contributed by atoms with Crippen molar-refractivity contribution in [1.82, 2.24) is 0 Å². The van der Waals surface area contributed by atoms with Crippen LogP contribution in [0.15, 0.2) is 30.3 Å². The fourth-order valence-electron chi connectivity index (χ4n) is 0.996. The second-order valence-corrected chi connectivity index (χ2v) is 2.85. The van der Waals surface area contributed by atoms with Gasteiger partial charge < -0.3 is 4.74 Å². The lowest BCUT2D eigenvalue weighted by Gasteiger charge is -2.01. The molecule has 3 heteroatoms. The molecule has 0 amide bonds. The molecule has 3 nitrogen and oxygen atoms in total. The van der Waals surface area contributed by atoms with Crippen molar-refractivity contribution in [3.8, 4) is 6.07 Å². The summed E-state index contributed by atoms with van der Waals surface area (Å²) in [5.74, 6) is -0.177. The zero-order valence-electron chi connectivity index (χ0n) is 7.77. The zero-order valence-corrected chi connectivity index (χ0v) is 7.77. The summed E-state index contributed by atoms with van der Waals surface area (Å²) in [5.41, 5.74) is 1.03.